The number of nitrogens with zero attached hydrogens (tertiary/aromatic N) is 2. The van der Waals surface area contributed by atoms with Gasteiger partial charge < -0.3 is 20.7 Å². The Labute approximate surface area is 180 Å². The van der Waals surface area contributed by atoms with E-state index in [0.717, 1.165) is 23.4 Å². The highest BCUT2D eigenvalue weighted by Gasteiger charge is 2.19. The molecule has 1 aromatic heterocycles. The lowest BCUT2D eigenvalue weighted by Gasteiger charge is -2.11. The van der Waals surface area contributed by atoms with Crippen LogP contribution in [0.1, 0.15) is 22.3 Å². The Morgan fingerprint density at radius 3 is 2.32 bits per heavy atom. The summed E-state index contributed by atoms with van der Waals surface area (Å²) in [6.07, 6.45) is 0. The van der Waals surface area contributed by atoms with Crippen LogP contribution >= 0.6 is 0 Å². The predicted molar refractivity (Wildman–Crippen MR) is 123 cm³/mol. The Morgan fingerprint density at radius 2 is 1.68 bits per heavy atom. The second kappa shape index (κ2) is 8.71. The summed E-state index contributed by atoms with van der Waals surface area (Å²) >= 11 is 0. The van der Waals surface area contributed by atoms with Crippen LogP contribution in [0.25, 0.3) is 10.9 Å². The first kappa shape index (κ1) is 20.8. The van der Waals surface area contributed by atoms with Gasteiger partial charge in [-0.1, -0.05) is 36.4 Å². The van der Waals surface area contributed by atoms with Gasteiger partial charge in [-0.05, 0) is 55.6 Å². The lowest BCUT2D eigenvalue weighted by Crippen LogP contribution is -2.10. The number of halogens is 1. The van der Waals surface area contributed by atoms with Gasteiger partial charge in [0.2, 0.25) is 0 Å². The van der Waals surface area contributed by atoms with Crippen LogP contribution in [0.15, 0.2) is 71.7 Å². The summed E-state index contributed by atoms with van der Waals surface area (Å²) in [7, 11) is 4.05. The molecule has 0 spiro atoms. The number of benzene rings is 3. The molecule has 0 amide bonds. The van der Waals surface area contributed by atoms with Gasteiger partial charge in [-0.2, -0.15) is 0 Å². The smallest absolute Gasteiger partial charge is 0.199 e. The molecule has 4 aromatic rings. The number of fused-ring (bicyclic) bond motifs is 1. The molecule has 3 aromatic carbocycles. The van der Waals surface area contributed by atoms with Crippen molar-refractivity contribution in [2.24, 2.45) is 10.7 Å². The molecule has 0 fully saturated rings. The maximum absolute atomic E-state index is 13.7. The number of H-pyrrole nitrogens is 1. The molecule has 0 aliphatic heterocycles. The molecule has 0 bridgehead atoms. The highest BCUT2D eigenvalue weighted by Crippen LogP contribution is 2.32. The van der Waals surface area contributed by atoms with E-state index in [9.17, 15) is 9.50 Å². The van der Waals surface area contributed by atoms with E-state index in [1.165, 1.54) is 17.7 Å². The molecule has 0 saturated heterocycles. The first-order chi connectivity index (χ1) is 14.9. The molecule has 1 heterocycles. The number of nitrogens with one attached hydrogen (secondary N) is 1. The number of aromatic nitrogens is 1. The van der Waals surface area contributed by atoms with E-state index < -0.39 is 0 Å². The Kier molecular flexibility index (Phi) is 5.84. The van der Waals surface area contributed by atoms with Gasteiger partial charge in [0.05, 0.1) is 22.5 Å². The standard InChI is InChI=1S/C25H25FN4O/c1-30(2)15-17-5-10-20(11-6-17)28-24(18-7-3-16(14-27)4-8-18)23-21-12-9-19(26)13-22(21)29-25(23)31/h3-13,29,31H,14-15,27H2,1-2H3. The summed E-state index contributed by atoms with van der Waals surface area (Å²) in [5.74, 6) is -0.422. The quantitative estimate of drug-likeness (QED) is 0.399. The Morgan fingerprint density at radius 1 is 1.00 bits per heavy atom. The molecule has 0 saturated carbocycles. The Bertz CT molecular complexity index is 1230. The van der Waals surface area contributed by atoms with Crippen molar-refractivity contribution in [2.45, 2.75) is 13.1 Å². The second-order valence-corrected chi connectivity index (χ2v) is 7.80. The van der Waals surface area contributed by atoms with E-state index in [-0.39, 0.29) is 11.7 Å². The molecule has 0 aliphatic carbocycles. The lowest BCUT2D eigenvalue weighted by molar-refractivity contribution is 0.402. The van der Waals surface area contributed by atoms with Crippen LogP contribution < -0.4 is 5.73 Å². The monoisotopic (exact) mass is 416 g/mol. The highest BCUT2D eigenvalue weighted by atomic mass is 19.1. The van der Waals surface area contributed by atoms with Crippen LogP contribution in [-0.4, -0.2) is 34.8 Å². The molecule has 5 nitrogen and oxygen atoms in total. The van der Waals surface area contributed by atoms with Crippen LogP contribution in [0.4, 0.5) is 10.1 Å². The zero-order valence-electron chi connectivity index (χ0n) is 17.6. The van der Waals surface area contributed by atoms with Crippen LogP contribution in [0.5, 0.6) is 5.88 Å². The second-order valence-electron chi connectivity index (χ2n) is 7.80. The molecule has 0 aliphatic rings. The van der Waals surface area contributed by atoms with Gasteiger partial charge in [0.1, 0.15) is 5.82 Å². The van der Waals surface area contributed by atoms with Crippen LogP contribution in [0.3, 0.4) is 0 Å². The van der Waals surface area contributed by atoms with Gasteiger partial charge in [-0.15, -0.1) is 0 Å². The molecule has 0 atom stereocenters. The van der Waals surface area contributed by atoms with E-state index >= 15 is 0 Å². The van der Waals surface area contributed by atoms with Crippen molar-refractivity contribution in [3.8, 4) is 5.88 Å². The fraction of sp³-hybridized carbons (Fsp3) is 0.160. The number of aliphatic imine (C=N–C) groups is 1. The van der Waals surface area contributed by atoms with Gasteiger partial charge in [-0.25, -0.2) is 9.38 Å². The number of rotatable bonds is 6. The largest absolute Gasteiger partial charge is 0.494 e. The first-order valence-corrected chi connectivity index (χ1v) is 10.1. The molecular weight excluding hydrogens is 391 g/mol. The average Bonchev–Trinajstić information content (AvgIpc) is 3.07. The number of aromatic hydroxyl groups is 1. The van der Waals surface area contributed by atoms with Crippen LogP contribution in [0.2, 0.25) is 0 Å². The Balaban J connectivity index is 1.86. The zero-order valence-corrected chi connectivity index (χ0v) is 17.6. The van der Waals surface area contributed by atoms with Crippen molar-refractivity contribution in [3.63, 3.8) is 0 Å². The summed E-state index contributed by atoms with van der Waals surface area (Å²) in [6.45, 7) is 1.28. The maximum atomic E-state index is 13.7. The van der Waals surface area contributed by atoms with Crippen LogP contribution in [0, 0.1) is 5.82 Å². The third kappa shape index (κ3) is 4.50. The fourth-order valence-electron chi connectivity index (χ4n) is 3.63. The summed E-state index contributed by atoms with van der Waals surface area (Å²) in [4.78, 5) is 9.85. The predicted octanol–water partition coefficient (Wildman–Crippen LogP) is 4.70. The van der Waals surface area contributed by atoms with Crippen molar-refractivity contribution in [2.75, 3.05) is 14.1 Å². The zero-order chi connectivity index (χ0) is 22.0. The van der Waals surface area contributed by atoms with E-state index in [4.69, 9.17) is 10.7 Å². The van der Waals surface area contributed by atoms with Crippen molar-refractivity contribution >= 4 is 22.3 Å². The number of nitrogens with two attached hydrogens (primary N) is 1. The van der Waals surface area contributed by atoms with E-state index in [1.807, 2.05) is 62.6 Å². The van der Waals surface area contributed by atoms with E-state index in [0.29, 0.717) is 28.7 Å². The molecular formula is C25H25FN4O. The molecule has 158 valence electrons. The minimum atomic E-state index is -0.373. The topological polar surface area (TPSA) is 77.6 Å². The van der Waals surface area contributed by atoms with Crippen LogP contribution in [-0.2, 0) is 13.1 Å². The van der Waals surface area contributed by atoms with Gasteiger partial charge in [0.15, 0.2) is 5.88 Å². The van der Waals surface area contributed by atoms with Gasteiger partial charge in [0, 0.05) is 24.0 Å². The number of hydrogen-bond donors (Lipinski definition) is 3. The molecule has 6 heteroatoms. The Hall–Kier alpha value is -3.48. The summed E-state index contributed by atoms with van der Waals surface area (Å²) < 4.78 is 13.7. The first-order valence-electron chi connectivity index (χ1n) is 10.1. The summed E-state index contributed by atoms with van der Waals surface area (Å²) in [5, 5.41) is 11.4. The molecule has 0 radical (unpaired) electrons. The van der Waals surface area contributed by atoms with E-state index in [2.05, 4.69) is 9.88 Å². The minimum Gasteiger partial charge on any atom is -0.494 e. The van der Waals surface area contributed by atoms with Gasteiger partial charge in [0.25, 0.3) is 0 Å². The van der Waals surface area contributed by atoms with Gasteiger partial charge >= 0.3 is 0 Å². The third-order valence-electron chi connectivity index (χ3n) is 5.12. The van der Waals surface area contributed by atoms with Crippen molar-refractivity contribution in [1.82, 2.24) is 9.88 Å². The third-order valence-corrected chi connectivity index (χ3v) is 5.12. The number of aromatic amines is 1. The number of hydrogen-bond acceptors (Lipinski definition) is 4. The lowest BCUT2D eigenvalue weighted by atomic mass is 9.99. The molecule has 4 rings (SSSR count). The minimum absolute atomic E-state index is 0.0496. The maximum Gasteiger partial charge on any atom is 0.199 e. The summed E-state index contributed by atoms with van der Waals surface area (Å²) in [5.41, 5.74) is 11.2. The molecule has 0 unspecified atom stereocenters. The fourth-order valence-corrected chi connectivity index (χ4v) is 3.63. The van der Waals surface area contributed by atoms with Gasteiger partial charge in [-0.3, -0.25) is 0 Å². The highest BCUT2D eigenvalue weighted by molar-refractivity contribution is 6.21. The van der Waals surface area contributed by atoms with Crippen molar-refractivity contribution in [1.29, 1.82) is 0 Å². The SMILES string of the molecule is CN(C)Cc1ccc(N=C(c2ccc(CN)cc2)c2c(O)[nH]c3cc(F)ccc23)cc1. The molecule has 31 heavy (non-hydrogen) atoms. The molecule has 4 N–H and O–H groups in total. The van der Waals surface area contributed by atoms with E-state index in [1.54, 1.807) is 6.07 Å². The summed E-state index contributed by atoms with van der Waals surface area (Å²) in [6, 6.07) is 20.1. The van der Waals surface area contributed by atoms with Crippen molar-refractivity contribution in [3.05, 3.63) is 94.8 Å². The average molecular weight is 417 g/mol. The van der Waals surface area contributed by atoms with Crippen molar-refractivity contribution < 1.29 is 9.50 Å². The normalized spacial score (nSPS) is 12.1.